The van der Waals surface area contributed by atoms with Gasteiger partial charge in [0.25, 0.3) is 0 Å². The molecule has 0 unspecified atom stereocenters. The van der Waals surface area contributed by atoms with E-state index in [0.29, 0.717) is 11.3 Å². The lowest BCUT2D eigenvalue weighted by molar-refractivity contribution is 0.415. The molecular weight excluding hydrogens is 138 g/mol. The number of rotatable bonds is 2. The Morgan fingerprint density at radius 1 is 1.45 bits per heavy atom. The van der Waals surface area contributed by atoms with Crippen LogP contribution in [0.25, 0.3) is 0 Å². The highest BCUT2D eigenvalue weighted by molar-refractivity contribution is 5.42. The zero-order valence-corrected chi connectivity index (χ0v) is 6.24. The van der Waals surface area contributed by atoms with Gasteiger partial charge in [-0.2, -0.15) is 5.26 Å². The van der Waals surface area contributed by atoms with Crippen LogP contribution < -0.4 is 4.74 Å². The van der Waals surface area contributed by atoms with Crippen LogP contribution in [0, 0.1) is 17.9 Å². The molecule has 1 aromatic carbocycles. The summed E-state index contributed by atoms with van der Waals surface area (Å²) in [5.41, 5.74) is 0.561. The van der Waals surface area contributed by atoms with Gasteiger partial charge in [0, 0.05) is 0 Å². The van der Waals surface area contributed by atoms with E-state index >= 15 is 0 Å². The van der Waals surface area contributed by atoms with Gasteiger partial charge < -0.3 is 4.74 Å². The predicted octanol–water partition coefficient (Wildman–Crippen LogP) is 2.12. The van der Waals surface area contributed by atoms with Gasteiger partial charge in [0.1, 0.15) is 18.4 Å². The van der Waals surface area contributed by atoms with Crippen molar-refractivity contribution in [3.8, 4) is 11.8 Å². The average molecular weight is 146 g/mol. The highest BCUT2D eigenvalue weighted by Gasteiger charge is 1.98. The molecule has 1 aromatic rings. The minimum Gasteiger partial charge on any atom is -0.485 e. The lowest BCUT2D eigenvalue weighted by Gasteiger charge is -2.01. The van der Waals surface area contributed by atoms with E-state index < -0.39 is 0 Å². The van der Waals surface area contributed by atoms with E-state index in [2.05, 4.69) is 0 Å². The van der Waals surface area contributed by atoms with Crippen molar-refractivity contribution in [2.45, 2.75) is 6.92 Å². The number of nitrogens with zero attached hydrogens (tertiary/aromatic N) is 1. The van der Waals surface area contributed by atoms with Crippen molar-refractivity contribution in [3.63, 3.8) is 0 Å². The first-order valence-electron chi connectivity index (χ1n) is 3.32. The van der Waals surface area contributed by atoms with Gasteiger partial charge in [0.05, 0.1) is 5.56 Å². The first-order valence-corrected chi connectivity index (χ1v) is 3.32. The second-order valence-electron chi connectivity index (χ2n) is 1.96. The lowest BCUT2D eigenvalue weighted by atomic mass is 10.2. The van der Waals surface area contributed by atoms with Gasteiger partial charge >= 0.3 is 0 Å². The summed E-state index contributed by atoms with van der Waals surface area (Å²) >= 11 is 0. The third-order valence-electron chi connectivity index (χ3n) is 1.25. The topological polar surface area (TPSA) is 33.0 Å². The molecular formula is C9H8NO. The van der Waals surface area contributed by atoms with Crippen molar-refractivity contribution in [2.24, 2.45) is 0 Å². The molecule has 0 atom stereocenters. The van der Waals surface area contributed by atoms with Crippen molar-refractivity contribution in [1.29, 1.82) is 5.26 Å². The van der Waals surface area contributed by atoms with E-state index in [4.69, 9.17) is 10.00 Å². The van der Waals surface area contributed by atoms with Gasteiger partial charge in [-0.05, 0) is 19.1 Å². The van der Waals surface area contributed by atoms with Gasteiger partial charge in [-0.15, -0.1) is 0 Å². The molecule has 0 spiro atoms. The summed E-state index contributed by atoms with van der Waals surface area (Å²) in [6.45, 7) is 3.32. The van der Waals surface area contributed by atoms with Gasteiger partial charge in [0.2, 0.25) is 0 Å². The monoisotopic (exact) mass is 146 g/mol. The maximum atomic E-state index is 8.60. The van der Waals surface area contributed by atoms with Crippen LogP contribution in [0.1, 0.15) is 12.5 Å². The fraction of sp³-hybridized carbons (Fsp3) is 0.111. The summed E-state index contributed by atoms with van der Waals surface area (Å²) in [5.74, 6) is 0.609. The summed E-state index contributed by atoms with van der Waals surface area (Å²) in [7, 11) is 0. The first kappa shape index (κ1) is 7.62. The summed E-state index contributed by atoms with van der Waals surface area (Å²) in [6.07, 6.45) is 0. The van der Waals surface area contributed by atoms with E-state index in [1.807, 2.05) is 12.1 Å². The maximum absolute atomic E-state index is 8.60. The van der Waals surface area contributed by atoms with Gasteiger partial charge in [-0.1, -0.05) is 12.1 Å². The Labute approximate surface area is 66.0 Å². The average Bonchev–Trinajstić information content (AvgIpc) is 2.06. The van der Waals surface area contributed by atoms with Crippen molar-refractivity contribution >= 4 is 0 Å². The largest absolute Gasteiger partial charge is 0.485 e. The van der Waals surface area contributed by atoms with Crippen LogP contribution in [-0.4, -0.2) is 0 Å². The molecule has 0 amide bonds. The van der Waals surface area contributed by atoms with Crippen LogP contribution in [0.3, 0.4) is 0 Å². The van der Waals surface area contributed by atoms with Crippen molar-refractivity contribution in [2.75, 3.05) is 0 Å². The van der Waals surface area contributed by atoms with Crippen molar-refractivity contribution in [3.05, 3.63) is 36.4 Å². The number of benzene rings is 1. The fourth-order valence-electron chi connectivity index (χ4n) is 0.789. The van der Waals surface area contributed by atoms with Crippen LogP contribution in [0.4, 0.5) is 0 Å². The number of hydrogen-bond donors (Lipinski definition) is 0. The second-order valence-corrected chi connectivity index (χ2v) is 1.96. The normalized spacial score (nSPS) is 8.73. The number of nitriles is 1. The van der Waals surface area contributed by atoms with E-state index in [9.17, 15) is 0 Å². The Hall–Kier alpha value is -1.49. The molecule has 0 aromatic heterocycles. The molecule has 55 valence electrons. The molecule has 0 fully saturated rings. The van der Waals surface area contributed by atoms with Gasteiger partial charge in [0.15, 0.2) is 0 Å². The van der Waals surface area contributed by atoms with E-state index in [1.54, 1.807) is 31.7 Å². The molecule has 0 aliphatic carbocycles. The maximum Gasteiger partial charge on any atom is 0.137 e. The fourth-order valence-corrected chi connectivity index (χ4v) is 0.789. The minimum atomic E-state index is 0.561. The molecule has 0 saturated heterocycles. The zero-order valence-electron chi connectivity index (χ0n) is 6.24. The Bertz CT molecular complexity index is 275. The smallest absolute Gasteiger partial charge is 0.137 e. The highest BCUT2D eigenvalue weighted by Crippen LogP contribution is 2.16. The standard InChI is InChI=1S/C9H8NO/c1-2-11-9-6-4-3-5-8(9)7-10/h2-6H,1H3. The molecule has 11 heavy (non-hydrogen) atoms. The second kappa shape index (κ2) is 3.62. The first-order chi connectivity index (χ1) is 5.38. The van der Waals surface area contributed by atoms with Gasteiger partial charge in [-0.25, -0.2) is 0 Å². The van der Waals surface area contributed by atoms with Crippen molar-refractivity contribution < 1.29 is 4.74 Å². The van der Waals surface area contributed by atoms with E-state index in [0.717, 1.165) is 0 Å². The van der Waals surface area contributed by atoms with E-state index in [1.165, 1.54) is 0 Å². The van der Waals surface area contributed by atoms with Crippen LogP contribution in [0.15, 0.2) is 24.3 Å². The molecule has 0 N–H and O–H groups in total. The van der Waals surface area contributed by atoms with Gasteiger partial charge in [-0.3, -0.25) is 0 Å². The number of hydrogen-bond acceptors (Lipinski definition) is 2. The van der Waals surface area contributed by atoms with E-state index in [-0.39, 0.29) is 0 Å². The third kappa shape index (κ3) is 1.71. The van der Waals surface area contributed by atoms with Crippen LogP contribution in [0.2, 0.25) is 0 Å². The third-order valence-corrected chi connectivity index (χ3v) is 1.25. The highest BCUT2D eigenvalue weighted by atomic mass is 16.5. The molecule has 2 heteroatoms. The molecule has 0 aliphatic heterocycles. The van der Waals surface area contributed by atoms with Crippen LogP contribution in [0.5, 0.6) is 5.75 Å². The molecule has 0 saturated carbocycles. The Balaban J connectivity index is 2.95. The Morgan fingerprint density at radius 3 is 2.82 bits per heavy atom. The number of ether oxygens (including phenoxy) is 1. The Kier molecular flexibility index (Phi) is 2.51. The minimum absolute atomic E-state index is 0.561. The van der Waals surface area contributed by atoms with Crippen molar-refractivity contribution in [1.82, 2.24) is 0 Å². The SMILES string of the molecule is C[CH]Oc1ccccc1C#N. The summed E-state index contributed by atoms with van der Waals surface area (Å²) in [4.78, 5) is 0. The molecule has 1 rings (SSSR count). The Morgan fingerprint density at radius 2 is 2.18 bits per heavy atom. The molecule has 0 bridgehead atoms. The predicted molar refractivity (Wildman–Crippen MR) is 41.8 cm³/mol. The molecule has 0 heterocycles. The zero-order chi connectivity index (χ0) is 8.10. The number of para-hydroxylation sites is 1. The lowest BCUT2D eigenvalue weighted by Crippen LogP contribution is -1.88. The molecule has 2 nitrogen and oxygen atoms in total. The van der Waals surface area contributed by atoms with Crippen LogP contribution in [-0.2, 0) is 0 Å². The summed E-state index contributed by atoms with van der Waals surface area (Å²) in [6, 6.07) is 9.16. The molecule has 1 radical (unpaired) electrons. The quantitative estimate of drug-likeness (QED) is 0.640. The van der Waals surface area contributed by atoms with Crippen LogP contribution >= 0.6 is 0 Å². The summed E-state index contributed by atoms with van der Waals surface area (Å²) < 4.78 is 5.08. The summed E-state index contributed by atoms with van der Waals surface area (Å²) in [5, 5.41) is 8.60. The molecule has 0 aliphatic rings.